The lowest BCUT2D eigenvalue weighted by Gasteiger charge is -2.01. The number of nitrogens with two attached hydrogens (primary N) is 1. The lowest BCUT2D eigenvalue weighted by Crippen LogP contribution is -2.02. The first kappa shape index (κ1) is 7.06. The van der Waals surface area contributed by atoms with Crippen molar-refractivity contribution < 1.29 is 4.84 Å². The monoisotopic (exact) mass is 160 g/mol. The number of fused-ring (bicyclic) bond motifs is 1. The van der Waals surface area contributed by atoms with Crippen molar-refractivity contribution in [3.8, 4) is 5.75 Å². The second kappa shape index (κ2) is 2.79. The van der Waals surface area contributed by atoms with Crippen LogP contribution in [0, 0.1) is 0 Å². The van der Waals surface area contributed by atoms with Crippen LogP contribution in [0.25, 0.3) is 10.9 Å². The van der Waals surface area contributed by atoms with Crippen molar-refractivity contribution in [2.24, 2.45) is 5.90 Å². The normalized spacial score (nSPS) is 10.1. The smallest absolute Gasteiger partial charge is 0.157 e. The Hall–Kier alpha value is -1.61. The minimum Gasteiger partial charge on any atom is -0.411 e. The first-order chi connectivity index (χ1) is 5.92. The maximum absolute atomic E-state index is 5.09. The fourth-order valence-corrected chi connectivity index (χ4v) is 1.17. The molecule has 2 rings (SSSR count). The third-order valence-corrected chi connectivity index (χ3v) is 1.74. The van der Waals surface area contributed by atoms with E-state index < -0.39 is 0 Å². The average molecular weight is 160 g/mol. The van der Waals surface area contributed by atoms with Gasteiger partial charge in [-0.2, -0.15) is 5.90 Å². The third kappa shape index (κ3) is 1.00. The molecule has 0 spiro atoms. The van der Waals surface area contributed by atoms with E-state index in [1.807, 2.05) is 24.3 Å². The van der Waals surface area contributed by atoms with E-state index in [1.54, 1.807) is 12.3 Å². The van der Waals surface area contributed by atoms with E-state index in [2.05, 4.69) is 9.82 Å². The van der Waals surface area contributed by atoms with E-state index >= 15 is 0 Å². The highest BCUT2D eigenvalue weighted by Crippen LogP contribution is 2.21. The van der Waals surface area contributed by atoms with Gasteiger partial charge in [0.15, 0.2) is 5.75 Å². The molecule has 0 atom stereocenters. The molecule has 1 heterocycles. The highest BCUT2D eigenvalue weighted by Gasteiger charge is 1.99. The summed E-state index contributed by atoms with van der Waals surface area (Å²) in [6.45, 7) is 0. The molecule has 12 heavy (non-hydrogen) atoms. The summed E-state index contributed by atoms with van der Waals surface area (Å²) in [6.07, 6.45) is 1.67. The summed E-state index contributed by atoms with van der Waals surface area (Å²) >= 11 is 0. The van der Waals surface area contributed by atoms with E-state index in [-0.39, 0.29) is 0 Å². The van der Waals surface area contributed by atoms with Gasteiger partial charge in [-0.25, -0.2) is 0 Å². The van der Waals surface area contributed by atoms with Crippen molar-refractivity contribution in [1.82, 2.24) is 4.98 Å². The van der Waals surface area contributed by atoms with Gasteiger partial charge in [0.25, 0.3) is 0 Å². The molecule has 2 aromatic rings. The zero-order valence-corrected chi connectivity index (χ0v) is 6.40. The van der Waals surface area contributed by atoms with Crippen LogP contribution in [0.4, 0.5) is 0 Å². The minimum absolute atomic E-state index is 0.653. The van der Waals surface area contributed by atoms with Crippen molar-refractivity contribution in [3.63, 3.8) is 0 Å². The molecule has 1 aromatic heterocycles. The highest BCUT2D eigenvalue weighted by molar-refractivity contribution is 5.84. The summed E-state index contributed by atoms with van der Waals surface area (Å²) in [7, 11) is 0. The quantitative estimate of drug-likeness (QED) is 0.643. The molecule has 0 saturated heterocycles. The summed E-state index contributed by atoms with van der Waals surface area (Å²) in [4.78, 5) is 8.84. The third-order valence-electron chi connectivity index (χ3n) is 1.74. The summed E-state index contributed by atoms with van der Waals surface area (Å²) in [5.74, 6) is 5.74. The van der Waals surface area contributed by atoms with Gasteiger partial charge < -0.3 is 4.84 Å². The molecule has 0 saturated carbocycles. The molecule has 1 aromatic carbocycles. The molecule has 0 aliphatic carbocycles. The van der Waals surface area contributed by atoms with Crippen LogP contribution in [0.5, 0.6) is 5.75 Å². The Bertz CT molecular complexity index is 395. The van der Waals surface area contributed by atoms with Gasteiger partial charge in [0.05, 0.1) is 5.52 Å². The average Bonchev–Trinajstić information content (AvgIpc) is 2.17. The van der Waals surface area contributed by atoms with Crippen molar-refractivity contribution in [2.75, 3.05) is 0 Å². The van der Waals surface area contributed by atoms with Gasteiger partial charge in [0, 0.05) is 17.6 Å². The maximum atomic E-state index is 5.09. The first-order valence-electron chi connectivity index (χ1n) is 3.62. The van der Waals surface area contributed by atoms with Crippen LogP contribution in [0.3, 0.4) is 0 Å². The standard InChI is InChI=1S/C9H8N2O/c10-12-9-5-6-11-8-4-2-1-3-7(8)9/h1-6H,10H2. The van der Waals surface area contributed by atoms with Gasteiger partial charge in [-0.05, 0) is 12.1 Å². The highest BCUT2D eigenvalue weighted by atomic mass is 16.6. The number of aromatic nitrogens is 1. The summed E-state index contributed by atoms with van der Waals surface area (Å²) in [5.41, 5.74) is 0.889. The zero-order chi connectivity index (χ0) is 8.39. The molecule has 0 bridgehead atoms. The van der Waals surface area contributed by atoms with E-state index in [9.17, 15) is 0 Å². The molecular weight excluding hydrogens is 152 g/mol. The Morgan fingerprint density at radius 2 is 2.00 bits per heavy atom. The number of hydrogen-bond acceptors (Lipinski definition) is 3. The van der Waals surface area contributed by atoms with Crippen LogP contribution in [-0.2, 0) is 0 Å². The topological polar surface area (TPSA) is 48.1 Å². The van der Waals surface area contributed by atoms with Gasteiger partial charge in [0.1, 0.15) is 0 Å². The molecule has 0 amide bonds. The Kier molecular flexibility index (Phi) is 1.64. The number of nitrogens with zero attached hydrogens (tertiary/aromatic N) is 1. The summed E-state index contributed by atoms with van der Waals surface area (Å²) < 4.78 is 0. The number of benzene rings is 1. The summed E-state index contributed by atoms with van der Waals surface area (Å²) in [5, 5.41) is 0.933. The number of rotatable bonds is 1. The predicted molar refractivity (Wildman–Crippen MR) is 46.6 cm³/mol. The Morgan fingerprint density at radius 3 is 2.83 bits per heavy atom. The van der Waals surface area contributed by atoms with Crippen molar-refractivity contribution in [1.29, 1.82) is 0 Å². The molecule has 0 aliphatic rings. The maximum Gasteiger partial charge on any atom is 0.157 e. The van der Waals surface area contributed by atoms with Crippen LogP contribution in [0.1, 0.15) is 0 Å². The second-order valence-corrected chi connectivity index (χ2v) is 2.44. The summed E-state index contributed by atoms with van der Waals surface area (Å²) in [6, 6.07) is 9.42. The Morgan fingerprint density at radius 1 is 1.17 bits per heavy atom. The van der Waals surface area contributed by atoms with Gasteiger partial charge in [-0.1, -0.05) is 12.1 Å². The zero-order valence-electron chi connectivity index (χ0n) is 6.40. The van der Waals surface area contributed by atoms with Crippen molar-refractivity contribution >= 4 is 10.9 Å². The fraction of sp³-hybridized carbons (Fsp3) is 0. The van der Waals surface area contributed by atoms with Gasteiger partial charge in [-0.3, -0.25) is 4.98 Å². The van der Waals surface area contributed by atoms with Crippen LogP contribution < -0.4 is 10.7 Å². The van der Waals surface area contributed by atoms with E-state index in [1.165, 1.54) is 0 Å². The molecule has 0 unspecified atom stereocenters. The van der Waals surface area contributed by atoms with Crippen LogP contribution in [0.15, 0.2) is 36.5 Å². The SMILES string of the molecule is NOc1ccnc2ccccc12. The molecule has 60 valence electrons. The van der Waals surface area contributed by atoms with Gasteiger partial charge >= 0.3 is 0 Å². The van der Waals surface area contributed by atoms with E-state index in [0.717, 1.165) is 10.9 Å². The first-order valence-corrected chi connectivity index (χ1v) is 3.62. The minimum atomic E-state index is 0.653. The molecule has 0 radical (unpaired) electrons. The molecule has 3 heteroatoms. The van der Waals surface area contributed by atoms with Gasteiger partial charge in [-0.15, -0.1) is 0 Å². The lowest BCUT2D eigenvalue weighted by atomic mass is 10.2. The van der Waals surface area contributed by atoms with Gasteiger partial charge in [0.2, 0.25) is 0 Å². The largest absolute Gasteiger partial charge is 0.411 e. The molecular formula is C9H8N2O. The van der Waals surface area contributed by atoms with Crippen molar-refractivity contribution in [3.05, 3.63) is 36.5 Å². The van der Waals surface area contributed by atoms with Crippen molar-refractivity contribution in [2.45, 2.75) is 0 Å². The molecule has 3 nitrogen and oxygen atoms in total. The number of para-hydroxylation sites is 1. The number of hydrogen-bond donors (Lipinski definition) is 1. The number of pyridine rings is 1. The predicted octanol–water partition coefficient (Wildman–Crippen LogP) is 1.49. The fourth-order valence-electron chi connectivity index (χ4n) is 1.17. The molecule has 2 N–H and O–H groups in total. The molecule has 0 aliphatic heterocycles. The Balaban J connectivity index is 2.79. The second-order valence-electron chi connectivity index (χ2n) is 2.44. The van der Waals surface area contributed by atoms with Crippen LogP contribution in [-0.4, -0.2) is 4.98 Å². The van der Waals surface area contributed by atoms with E-state index in [0.29, 0.717) is 5.75 Å². The van der Waals surface area contributed by atoms with Crippen LogP contribution >= 0.6 is 0 Å². The van der Waals surface area contributed by atoms with Crippen LogP contribution in [0.2, 0.25) is 0 Å². The Labute approximate surface area is 69.7 Å². The van der Waals surface area contributed by atoms with E-state index in [4.69, 9.17) is 5.90 Å². The lowest BCUT2D eigenvalue weighted by molar-refractivity contribution is 0.338. The molecule has 0 fully saturated rings.